The Balaban J connectivity index is 1.54. The molecule has 6 nitrogen and oxygen atoms in total. The van der Waals surface area contributed by atoms with Gasteiger partial charge >= 0.3 is 6.03 Å². The molecule has 0 spiro atoms. The Morgan fingerprint density at radius 3 is 2.38 bits per heavy atom. The van der Waals surface area contributed by atoms with Crippen LogP contribution in [0.5, 0.6) is 0 Å². The molecule has 1 aromatic heterocycles. The molecule has 4 aromatic rings. The maximum atomic E-state index is 13.0. The molecule has 0 saturated heterocycles. The van der Waals surface area contributed by atoms with Gasteiger partial charge in [-0.2, -0.15) is 0 Å². The lowest BCUT2D eigenvalue weighted by atomic mass is 9.86. The van der Waals surface area contributed by atoms with E-state index in [9.17, 15) is 4.79 Å². The number of hydrogen-bond acceptors (Lipinski definition) is 4. The molecule has 0 aliphatic heterocycles. The summed E-state index contributed by atoms with van der Waals surface area (Å²) >= 11 is 0. The third-order valence-corrected chi connectivity index (χ3v) is 6.43. The van der Waals surface area contributed by atoms with Crippen LogP contribution in [-0.2, 0) is 10.2 Å². The summed E-state index contributed by atoms with van der Waals surface area (Å²) in [6.45, 7) is 10.0. The van der Waals surface area contributed by atoms with E-state index in [1.807, 2.05) is 49.5 Å². The highest BCUT2D eigenvalue weighted by Gasteiger charge is 2.16. The van der Waals surface area contributed by atoms with Crippen LogP contribution < -0.4 is 16.0 Å². The summed E-state index contributed by atoms with van der Waals surface area (Å²) in [6.07, 6.45) is 2.80. The topological polar surface area (TPSA) is 75.3 Å². The van der Waals surface area contributed by atoms with E-state index in [1.165, 1.54) is 5.56 Å². The number of nitrogens with zero attached hydrogens (tertiary/aromatic N) is 1. The van der Waals surface area contributed by atoms with Gasteiger partial charge in [0.05, 0.1) is 5.69 Å². The summed E-state index contributed by atoms with van der Waals surface area (Å²) in [4.78, 5) is 17.6. The van der Waals surface area contributed by atoms with E-state index in [2.05, 4.69) is 72.0 Å². The van der Waals surface area contributed by atoms with Crippen molar-refractivity contribution in [3.8, 4) is 11.1 Å². The number of benzene rings is 3. The summed E-state index contributed by atoms with van der Waals surface area (Å²) in [5, 5.41) is 11.4. The van der Waals surface area contributed by atoms with Gasteiger partial charge < -0.3 is 20.7 Å². The summed E-state index contributed by atoms with van der Waals surface area (Å²) < 4.78 is 5.09. The minimum Gasteiger partial charge on any atom is -0.385 e. The number of urea groups is 1. The first-order valence-corrected chi connectivity index (χ1v) is 12.7. The maximum absolute atomic E-state index is 13.0. The minimum atomic E-state index is -0.266. The summed E-state index contributed by atoms with van der Waals surface area (Å²) in [7, 11) is 1.71. The van der Waals surface area contributed by atoms with Gasteiger partial charge in [0.25, 0.3) is 0 Å². The lowest BCUT2D eigenvalue weighted by Crippen LogP contribution is -2.21. The standard InChI is InChI=1S/C31H36N4O2/c1-21-11-13-23(31(2,3)4)19-28(21)35-30(36)34-27-15-14-24(25-9-6-7-10-26(25)27)22-12-16-29(33-20-22)32-17-8-18-37-5/h6-7,9-16,19-20H,8,17-18H2,1-5H3,(H,32,33)(H2,34,35,36). The highest BCUT2D eigenvalue weighted by Crippen LogP contribution is 2.34. The largest absolute Gasteiger partial charge is 0.385 e. The quantitative estimate of drug-likeness (QED) is 0.220. The highest BCUT2D eigenvalue weighted by molar-refractivity contribution is 6.09. The third-order valence-electron chi connectivity index (χ3n) is 6.43. The molecule has 0 aliphatic rings. The van der Waals surface area contributed by atoms with Crippen molar-refractivity contribution in [1.29, 1.82) is 0 Å². The van der Waals surface area contributed by atoms with Crippen LogP contribution in [0.1, 0.15) is 38.3 Å². The van der Waals surface area contributed by atoms with Crippen molar-refractivity contribution in [1.82, 2.24) is 4.98 Å². The van der Waals surface area contributed by atoms with Crippen molar-refractivity contribution < 1.29 is 9.53 Å². The van der Waals surface area contributed by atoms with E-state index in [0.717, 1.165) is 64.2 Å². The van der Waals surface area contributed by atoms with Crippen molar-refractivity contribution >= 4 is 34.0 Å². The molecule has 192 valence electrons. The highest BCUT2D eigenvalue weighted by atomic mass is 16.5. The molecule has 0 fully saturated rings. The second-order valence-corrected chi connectivity index (χ2v) is 10.3. The number of rotatable bonds is 8. The molecule has 0 radical (unpaired) electrons. The number of carbonyl (C=O) groups excluding carboxylic acids is 1. The van der Waals surface area contributed by atoms with Crippen molar-refractivity contribution in [2.75, 3.05) is 36.2 Å². The first-order valence-electron chi connectivity index (χ1n) is 12.7. The molecule has 37 heavy (non-hydrogen) atoms. The van der Waals surface area contributed by atoms with E-state index >= 15 is 0 Å². The van der Waals surface area contributed by atoms with E-state index in [1.54, 1.807) is 7.11 Å². The number of aryl methyl sites for hydroxylation is 1. The van der Waals surface area contributed by atoms with Crippen molar-refractivity contribution in [3.63, 3.8) is 0 Å². The van der Waals surface area contributed by atoms with Crippen LogP contribution in [0.4, 0.5) is 22.0 Å². The molecule has 4 rings (SSSR count). The van der Waals surface area contributed by atoms with Gasteiger partial charge in [-0.25, -0.2) is 9.78 Å². The SMILES string of the molecule is COCCCNc1ccc(-c2ccc(NC(=O)Nc3cc(C(C)(C)C)ccc3C)c3ccccc23)cn1. The van der Waals surface area contributed by atoms with Crippen LogP contribution in [0.2, 0.25) is 0 Å². The van der Waals surface area contributed by atoms with Crippen LogP contribution in [0.3, 0.4) is 0 Å². The summed E-state index contributed by atoms with van der Waals surface area (Å²) in [6, 6.07) is 22.1. The van der Waals surface area contributed by atoms with Gasteiger partial charge in [-0.05, 0) is 65.1 Å². The van der Waals surface area contributed by atoms with E-state index in [0.29, 0.717) is 0 Å². The summed E-state index contributed by atoms with van der Waals surface area (Å²) in [5.74, 6) is 0.838. The molecule has 0 saturated carbocycles. The Morgan fingerprint density at radius 1 is 0.919 bits per heavy atom. The lowest BCUT2D eigenvalue weighted by Gasteiger charge is -2.21. The second kappa shape index (κ2) is 11.4. The van der Waals surface area contributed by atoms with Gasteiger partial charge in [-0.15, -0.1) is 0 Å². The second-order valence-electron chi connectivity index (χ2n) is 10.3. The Bertz CT molecular complexity index is 1370. The average molecular weight is 497 g/mol. The van der Waals surface area contributed by atoms with Gasteiger partial charge in [0.2, 0.25) is 0 Å². The Hall–Kier alpha value is -3.90. The van der Waals surface area contributed by atoms with E-state index in [4.69, 9.17) is 4.74 Å². The fourth-order valence-corrected chi connectivity index (χ4v) is 4.25. The number of nitrogens with one attached hydrogen (secondary N) is 3. The van der Waals surface area contributed by atoms with Crippen LogP contribution >= 0.6 is 0 Å². The van der Waals surface area contributed by atoms with E-state index in [-0.39, 0.29) is 11.4 Å². The molecule has 0 aliphatic carbocycles. The number of fused-ring (bicyclic) bond motifs is 1. The molecule has 0 atom stereocenters. The fourth-order valence-electron chi connectivity index (χ4n) is 4.25. The third kappa shape index (κ3) is 6.46. The zero-order chi connectivity index (χ0) is 26.4. The molecule has 3 aromatic carbocycles. The Labute approximate surface area is 219 Å². The van der Waals surface area contributed by atoms with Gasteiger partial charge in [-0.1, -0.05) is 63.2 Å². The first kappa shape index (κ1) is 26.2. The molecular formula is C31H36N4O2. The lowest BCUT2D eigenvalue weighted by molar-refractivity contribution is 0.198. The number of amides is 2. The van der Waals surface area contributed by atoms with Crippen LogP contribution in [-0.4, -0.2) is 31.3 Å². The number of carbonyl (C=O) groups is 1. The molecular weight excluding hydrogens is 460 g/mol. The van der Waals surface area contributed by atoms with Gasteiger partial charge in [0.15, 0.2) is 0 Å². The number of ether oxygens (including phenoxy) is 1. The van der Waals surface area contributed by atoms with Crippen molar-refractivity contribution in [2.45, 2.75) is 39.5 Å². The fraction of sp³-hybridized carbons (Fsp3) is 0.290. The molecule has 1 heterocycles. The smallest absolute Gasteiger partial charge is 0.323 e. The predicted molar refractivity (Wildman–Crippen MR) is 155 cm³/mol. The molecule has 2 amide bonds. The van der Waals surface area contributed by atoms with Crippen LogP contribution in [0, 0.1) is 6.92 Å². The van der Waals surface area contributed by atoms with Gasteiger partial charge in [-0.3, -0.25) is 0 Å². The molecule has 0 bridgehead atoms. The molecule has 3 N–H and O–H groups in total. The normalized spacial score (nSPS) is 11.4. The van der Waals surface area contributed by atoms with Crippen molar-refractivity contribution in [2.24, 2.45) is 0 Å². The average Bonchev–Trinajstić information content (AvgIpc) is 2.88. The zero-order valence-electron chi connectivity index (χ0n) is 22.3. The van der Waals surface area contributed by atoms with Crippen LogP contribution in [0.25, 0.3) is 21.9 Å². The Morgan fingerprint density at radius 2 is 1.68 bits per heavy atom. The minimum absolute atomic E-state index is 0.000224. The number of anilines is 3. The number of pyridine rings is 1. The number of aromatic nitrogens is 1. The number of methoxy groups -OCH3 is 1. The van der Waals surface area contributed by atoms with Crippen LogP contribution in [0.15, 0.2) is 72.9 Å². The van der Waals surface area contributed by atoms with Gasteiger partial charge in [0.1, 0.15) is 5.82 Å². The number of hydrogen-bond donors (Lipinski definition) is 3. The summed E-state index contributed by atoms with van der Waals surface area (Å²) in [5.41, 5.74) is 5.84. The zero-order valence-corrected chi connectivity index (χ0v) is 22.3. The predicted octanol–water partition coefficient (Wildman–Crippen LogP) is 7.60. The van der Waals surface area contributed by atoms with Crippen molar-refractivity contribution in [3.05, 3.63) is 84.1 Å². The van der Waals surface area contributed by atoms with E-state index < -0.39 is 0 Å². The Kier molecular flexibility index (Phi) is 8.09. The van der Waals surface area contributed by atoms with Gasteiger partial charge in [0, 0.05) is 43.1 Å². The molecule has 6 heteroatoms. The maximum Gasteiger partial charge on any atom is 0.323 e. The molecule has 0 unspecified atom stereocenters. The first-order chi connectivity index (χ1) is 17.8. The monoisotopic (exact) mass is 496 g/mol.